The molecule has 0 unspecified atom stereocenters. The Labute approximate surface area is 148 Å². The molecule has 0 aliphatic rings. The summed E-state index contributed by atoms with van der Waals surface area (Å²) in [6.45, 7) is 3.22. The number of ether oxygens (including phenoxy) is 1. The van der Waals surface area contributed by atoms with Crippen molar-refractivity contribution < 1.29 is 19.2 Å². The smallest absolute Gasteiger partial charge is 0.338 e. The minimum atomic E-state index is -0.851. The van der Waals surface area contributed by atoms with E-state index in [9.17, 15) is 19.7 Å². The molecule has 2 aromatic carbocycles. The second kappa shape index (κ2) is 7.76. The Hall–Kier alpha value is -2.93. The van der Waals surface area contributed by atoms with Crippen molar-refractivity contribution in [1.82, 2.24) is 0 Å². The number of rotatable bonds is 5. The summed E-state index contributed by atoms with van der Waals surface area (Å²) >= 11 is 5.68. The number of nitrogens with one attached hydrogen (secondary N) is 1. The van der Waals surface area contributed by atoms with E-state index in [0.29, 0.717) is 5.69 Å². The van der Waals surface area contributed by atoms with Crippen molar-refractivity contribution in [2.75, 3.05) is 11.9 Å². The Kier molecular flexibility index (Phi) is 5.71. The van der Waals surface area contributed by atoms with E-state index < -0.39 is 29.1 Å². The van der Waals surface area contributed by atoms with Crippen LogP contribution in [0, 0.1) is 24.0 Å². The number of esters is 1. The molecule has 0 saturated heterocycles. The van der Waals surface area contributed by atoms with Gasteiger partial charge >= 0.3 is 5.97 Å². The van der Waals surface area contributed by atoms with Crippen LogP contribution in [0.2, 0.25) is 5.02 Å². The summed E-state index contributed by atoms with van der Waals surface area (Å²) in [7, 11) is 0. The van der Waals surface area contributed by atoms with Gasteiger partial charge in [-0.2, -0.15) is 0 Å². The summed E-state index contributed by atoms with van der Waals surface area (Å²) in [6.07, 6.45) is 0. The SMILES string of the molecule is Cc1ccc(C)c(NC(=O)COC(=O)c2ccc(Cl)c([N+](=O)[O-])c2)c1. The van der Waals surface area contributed by atoms with E-state index in [1.54, 1.807) is 6.07 Å². The van der Waals surface area contributed by atoms with Gasteiger partial charge in [-0.3, -0.25) is 14.9 Å². The first-order valence-electron chi connectivity index (χ1n) is 7.26. The highest BCUT2D eigenvalue weighted by molar-refractivity contribution is 6.32. The van der Waals surface area contributed by atoms with Crippen LogP contribution in [0.1, 0.15) is 21.5 Å². The molecule has 2 aromatic rings. The van der Waals surface area contributed by atoms with Crippen molar-refractivity contribution in [2.45, 2.75) is 13.8 Å². The summed E-state index contributed by atoms with van der Waals surface area (Å²) in [5.41, 5.74) is 2.01. The fourth-order valence-corrected chi connectivity index (χ4v) is 2.24. The Morgan fingerprint density at radius 2 is 1.92 bits per heavy atom. The number of hydrogen-bond acceptors (Lipinski definition) is 5. The summed E-state index contributed by atoms with van der Waals surface area (Å²) < 4.78 is 4.89. The second-order valence-corrected chi connectivity index (χ2v) is 5.77. The van der Waals surface area contributed by atoms with E-state index in [0.717, 1.165) is 17.2 Å². The van der Waals surface area contributed by atoms with Crippen LogP contribution in [-0.2, 0) is 9.53 Å². The number of nitro benzene ring substituents is 1. The molecule has 0 spiro atoms. The largest absolute Gasteiger partial charge is 0.452 e. The van der Waals surface area contributed by atoms with E-state index in [1.165, 1.54) is 12.1 Å². The van der Waals surface area contributed by atoms with Crippen LogP contribution in [0.25, 0.3) is 0 Å². The maximum absolute atomic E-state index is 11.9. The number of aryl methyl sites for hydroxylation is 2. The monoisotopic (exact) mass is 362 g/mol. The number of benzene rings is 2. The highest BCUT2D eigenvalue weighted by atomic mass is 35.5. The summed E-state index contributed by atoms with van der Waals surface area (Å²) in [5, 5.41) is 13.4. The van der Waals surface area contributed by atoms with Crippen LogP contribution < -0.4 is 5.32 Å². The van der Waals surface area contributed by atoms with Crippen LogP contribution in [0.3, 0.4) is 0 Å². The number of amides is 1. The molecule has 0 radical (unpaired) electrons. The number of carbonyl (C=O) groups excluding carboxylic acids is 2. The first-order chi connectivity index (χ1) is 11.8. The van der Waals surface area contributed by atoms with E-state index in [1.807, 2.05) is 26.0 Å². The molecule has 0 fully saturated rings. The molecule has 2 rings (SSSR count). The second-order valence-electron chi connectivity index (χ2n) is 5.37. The highest BCUT2D eigenvalue weighted by Gasteiger charge is 2.18. The summed E-state index contributed by atoms with van der Waals surface area (Å²) in [6, 6.07) is 9.11. The minimum absolute atomic E-state index is 0.0596. The minimum Gasteiger partial charge on any atom is -0.452 e. The third-order valence-electron chi connectivity index (χ3n) is 3.38. The predicted octanol–water partition coefficient (Wildman–Crippen LogP) is 3.66. The standard InChI is InChI=1S/C17H15ClN2O5/c1-10-3-4-11(2)14(7-10)19-16(21)9-25-17(22)12-5-6-13(18)15(8-12)20(23)24/h3-8H,9H2,1-2H3,(H,19,21). The van der Waals surface area contributed by atoms with Gasteiger partial charge in [-0.25, -0.2) is 4.79 Å². The van der Waals surface area contributed by atoms with Crippen LogP contribution in [-0.4, -0.2) is 23.4 Å². The molecule has 0 heterocycles. The highest BCUT2D eigenvalue weighted by Crippen LogP contribution is 2.25. The van der Waals surface area contributed by atoms with E-state index in [2.05, 4.69) is 5.32 Å². The van der Waals surface area contributed by atoms with Crippen LogP contribution in [0.15, 0.2) is 36.4 Å². The molecule has 8 heteroatoms. The van der Waals surface area contributed by atoms with Crippen molar-refractivity contribution in [3.05, 3.63) is 68.2 Å². The van der Waals surface area contributed by atoms with Gasteiger partial charge in [-0.05, 0) is 43.2 Å². The van der Waals surface area contributed by atoms with E-state index in [4.69, 9.17) is 16.3 Å². The van der Waals surface area contributed by atoms with Crippen LogP contribution in [0.4, 0.5) is 11.4 Å². The molecular weight excluding hydrogens is 348 g/mol. The Bertz CT molecular complexity index is 851. The number of anilines is 1. The van der Waals surface area contributed by atoms with Gasteiger partial charge in [-0.15, -0.1) is 0 Å². The zero-order valence-electron chi connectivity index (χ0n) is 13.5. The van der Waals surface area contributed by atoms with E-state index in [-0.39, 0.29) is 10.6 Å². The van der Waals surface area contributed by atoms with Gasteiger partial charge in [0.1, 0.15) is 5.02 Å². The number of nitro groups is 1. The van der Waals surface area contributed by atoms with Gasteiger partial charge in [0.2, 0.25) is 0 Å². The lowest BCUT2D eigenvalue weighted by molar-refractivity contribution is -0.384. The topological polar surface area (TPSA) is 98.5 Å². The first-order valence-corrected chi connectivity index (χ1v) is 7.64. The van der Waals surface area contributed by atoms with Gasteiger partial charge in [0, 0.05) is 11.8 Å². The first kappa shape index (κ1) is 18.4. The van der Waals surface area contributed by atoms with Crippen LogP contribution in [0.5, 0.6) is 0 Å². The molecule has 0 aliphatic carbocycles. The zero-order valence-corrected chi connectivity index (χ0v) is 14.3. The molecule has 1 N–H and O–H groups in total. The molecule has 7 nitrogen and oxygen atoms in total. The molecule has 0 atom stereocenters. The molecular formula is C17H15ClN2O5. The lowest BCUT2D eigenvalue weighted by Crippen LogP contribution is -2.21. The molecule has 130 valence electrons. The lowest BCUT2D eigenvalue weighted by Gasteiger charge is -2.10. The fourth-order valence-electron chi connectivity index (χ4n) is 2.05. The molecule has 0 bridgehead atoms. The maximum atomic E-state index is 11.9. The molecule has 0 aromatic heterocycles. The Morgan fingerprint density at radius 1 is 1.20 bits per heavy atom. The number of hydrogen-bond donors (Lipinski definition) is 1. The average molecular weight is 363 g/mol. The van der Waals surface area contributed by atoms with Gasteiger partial charge in [0.25, 0.3) is 11.6 Å². The predicted molar refractivity (Wildman–Crippen MR) is 92.9 cm³/mol. The molecule has 0 aliphatic heterocycles. The lowest BCUT2D eigenvalue weighted by atomic mass is 10.1. The van der Waals surface area contributed by atoms with Crippen LogP contribution >= 0.6 is 11.6 Å². The van der Waals surface area contributed by atoms with Crippen molar-refractivity contribution >= 4 is 34.9 Å². The van der Waals surface area contributed by atoms with Crippen molar-refractivity contribution in [3.8, 4) is 0 Å². The van der Waals surface area contributed by atoms with Crippen molar-refractivity contribution in [3.63, 3.8) is 0 Å². The Balaban J connectivity index is 2.00. The quantitative estimate of drug-likeness (QED) is 0.497. The molecule has 25 heavy (non-hydrogen) atoms. The van der Waals surface area contributed by atoms with Gasteiger partial charge in [0.15, 0.2) is 6.61 Å². The third-order valence-corrected chi connectivity index (χ3v) is 3.70. The third kappa shape index (κ3) is 4.77. The van der Waals surface area contributed by atoms with Gasteiger partial charge < -0.3 is 10.1 Å². The average Bonchev–Trinajstić information content (AvgIpc) is 2.56. The number of nitrogens with zero attached hydrogens (tertiary/aromatic N) is 1. The summed E-state index contributed by atoms with van der Waals surface area (Å²) in [5.74, 6) is -1.36. The number of carbonyl (C=O) groups is 2. The van der Waals surface area contributed by atoms with E-state index >= 15 is 0 Å². The normalized spacial score (nSPS) is 10.2. The van der Waals surface area contributed by atoms with Crippen molar-refractivity contribution in [1.29, 1.82) is 0 Å². The Morgan fingerprint density at radius 3 is 2.60 bits per heavy atom. The zero-order chi connectivity index (χ0) is 18.6. The van der Waals surface area contributed by atoms with Crippen molar-refractivity contribution in [2.24, 2.45) is 0 Å². The fraction of sp³-hybridized carbons (Fsp3) is 0.176. The van der Waals surface area contributed by atoms with Gasteiger partial charge in [0.05, 0.1) is 10.5 Å². The number of halogens is 1. The molecule has 0 saturated carbocycles. The van der Waals surface area contributed by atoms with Gasteiger partial charge in [-0.1, -0.05) is 23.7 Å². The molecule has 1 amide bonds. The maximum Gasteiger partial charge on any atom is 0.338 e. The summed E-state index contributed by atoms with van der Waals surface area (Å²) in [4.78, 5) is 34.0.